The molecule has 2 aromatic carbocycles. The van der Waals surface area contributed by atoms with E-state index in [2.05, 4.69) is 4.90 Å². The minimum Gasteiger partial charge on any atom is -0.384 e. The lowest BCUT2D eigenvalue weighted by Gasteiger charge is -2.43. The van der Waals surface area contributed by atoms with Crippen molar-refractivity contribution in [1.29, 1.82) is 0 Å². The first-order chi connectivity index (χ1) is 11.4. The Morgan fingerprint density at radius 3 is 2.21 bits per heavy atom. The van der Waals surface area contributed by atoms with Crippen LogP contribution in [0.3, 0.4) is 0 Å². The second-order valence-corrected chi connectivity index (χ2v) is 7.24. The van der Waals surface area contributed by atoms with Gasteiger partial charge >= 0.3 is 0 Å². The van der Waals surface area contributed by atoms with Crippen molar-refractivity contribution in [3.63, 3.8) is 0 Å². The highest BCUT2D eigenvalue weighted by atomic mass is 35.5. The molecule has 1 N–H and O–H groups in total. The molecule has 2 aromatic rings. The summed E-state index contributed by atoms with van der Waals surface area (Å²) in [6.07, 6.45) is 0.495. The van der Waals surface area contributed by atoms with Crippen molar-refractivity contribution in [3.8, 4) is 0 Å². The van der Waals surface area contributed by atoms with Crippen molar-refractivity contribution >= 4 is 29.0 Å². The maximum Gasteiger partial charge on any atom is 0.170 e. The molecule has 5 heteroatoms. The fraction of sp³-hybridized carbons (Fsp3) is 0.316. The predicted octanol–water partition coefficient (Wildman–Crippen LogP) is 4.02. The van der Waals surface area contributed by atoms with Gasteiger partial charge in [-0.3, -0.25) is 4.79 Å². The number of Topliss-reactive ketones (excluding diaryl/α,β-unsaturated/α-hetero) is 1. The number of likely N-dealkylation sites (tertiary alicyclic amines) is 1. The largest absolute Gasteiger partial charge is 0.384 e. The van der Waals surface area contributed by atoms with Crippen LogP contribution >= 0.6 is 23.2 Å². The van der Waals surface area contributed by atoms with E-state index in [-0.39, 0.29) is 5.78 Å². The molecule has 0 bridgehead atoms. The smallest absolute Gasteiger partial charge is 0.170 e. The summed E-state index contributed by atoms with van der Waals surface area (Å²) in [5.41, 5.74) is 0.0905. The van der Waals surface area contributed by atoms with Crippen molar-refractivity contribution in [2.75, 3.05) is 20.1 Å². The third kappa shape index (κ3) is 3.35. The normalized spacial score (nSPS) is 24.8. The Labute approximate surface area is 151 Å². The van der Waals surface area contributed by atoms with E-state index in [1.54, 1.807) is 48.5 Å². The molecule has 24 heavy (non-hydrogen) atoms. The molecule has 0 saturated carbocycles. The summed E-state index contributed by atoms with van der Waals surface area (Å²) in [6, 6.07) is 13.9. The Morgan fingerprint density at radius 1 is 1.08 bits per heavy atom. The maximum atomic E-state index is 13.1. The average Bonchev–Trinajstić information content (AvgIpc) is 2.58. The first-order valence-electron chi connectivity index (χ1n) is 7.87. The molecule has 0 aromatic heterocycles. The molecular formula is C19H19Cl2NO2. The Balaban J connectivity index is 1.98. The van der Waals surface area contributed by atoms with Crippen molar-refractivity contribution in [2.45, 2.75) is 12.0 Å². The van der Waals surface area contributed by atoms with Gasteiger partial charge in [0.1, 0.15) is 5.60 Å². The maximum absolute atomic E-state index is 13.1. The van der Waals surface area contributed by atoms with E-state index in [1.807, 2.05) is 7.05 Å². The SMILES string of the molecule is CN1CC[C@](O)(c2ccc(Cl)cc2)[C@H](C(=O)c2ccc(Cl)cc2)C1. The first-order valence-corrected chi connectivity index (χ1v) is 8.62. The zero-order chi connectivity index (χ0) is 17.3. The Kier molecular flexibility index (Phi) is 4.97. The van der Waals surface area contributed by atoms with Crippen LogP contribution in [-0.4, -0.2) is 35.9 Å². The van der Waals surface area contributed by atoms with Crippen LogP contribution in [0.25, 0.3) is 0 Å². The van der Waals surface area contributed by atoms with E-state index in [9.17, 15) is 9.90 Å². The molecule has 1 aliphatic heterocycles. The summed E-state index contributed by atoms with van der Waals surface area (Å²) in [5, 5.41) is 12.6. The molecular weight excluding hydrogens is 345 g/mol. The Bertz CT molecular complexity index is 730. The number of aliphatic hydroxyl groups is 1. The molecule has 126 valence electrons. The summed E-state index contributed by atoms with van der Waals surface area (Å²) >= 11 is 11.9. The van der Waals surface area contributed by atoms with E-state index in [0.717, 1.165) is 12.1 Å². The molecule has 1 aliphatic rings. The second-order valence-electron chi connectivity index (χ2n) is 6.37. The molecule has 0 unspecified atom stereocenters. The van der Waals surface area contributed by atoms with E-state index in [1.165, 1.54) is 0 Å². The fourth-order valence-electron chi connectivity index (χ4n) is 3.29. The van der Waals surface area contributed by atoms with Crippen LogP contribution in [-0.2, 0) is 5.60 Å². The third-order valence-electron chi connectivity index (χ3n) is 4.73. The standard InChI is InChI=1S/C19H19Cl2NO2/c1-22-11-10-19(24,14-4-8-16(21)9-5-14)17(12-22)18(23)13-2-6-15(20)7-3-13/h2-9,17,24H,10-12H2,1H3/t17-,19-/m0/s1. The van der Waals surface area contributed by atoms with Crippen molar-refractivity contribution in [2.24, 2.45) is 5.92 Å². The number of hydrogen-bond acceptors (Lipinski definition) is 3. The summed E-state index contributed by atoms with van der Waals surface area (Å²) in [5.74, 6) is -0.616. The number of carbonyl (C=O) groups excluding carboxylic acids is 1. The highest BCUT2D eigenvalue weighted by molar-refractivity contribution is 6.30. The van der Waals surface area contributed by atoms with Crippen LogP contribution in [0.4, 0.5) is 0 Å². The van der Waals surface area contributed by atoms with Gasteiger partial charge in [-0.1, -0.05) is 35.3 Å². The Morgan fingerprint density at radius 2 is 1.62 bits per heavy atom. The van der Waals surface area contributed by atoms with Crippen LogP contribution in [0.2, 0.25) is 10.0 Å². The summed E-state index contributed by atoms with van der Waals surface area (Å²) in [6.45, 7) is 1.23. The van der Waals surface area contributed by atoms with Gasteiger partial charge in [0, 0.05) is 28.7 Å². The summed E-state index contributed by atoms with van der Waals surface area (Å²) in [7, 11) is 1.96. The lowest BCUT2D eigenvalue weighted by atomic mass is 9.73. The number of ketones is 1. The zero-order valence-corrected chi connectivity index (χ0v) is 14.9. The topological polar surface area (TPSA) is 40.5 Å². The molecule has 0 aliphatic carbocycles. The van der Waals surface area contributed by atoms with Gasteiger partial charge in [-0.2, -0.15) is 0 Å². The van der Waals surface area contributed by atoms with Gasteiger partial charge in [-0.15, -0.1) is 0 Å². The highest BCUT2D eigenvalue weighted by Gasteiger charge is 2.46. The van der Waals surface area contributed by atoms with Crippen LogP contribution < -0.4 is 0 Å². The predicted molar refractivity (Wildman–Crippen MR) is 96.7 cm³/mol. The number of rotatable bonds is 3. The van der Waals surface area contributed by atoms with E-state index in [4.69, 9.17) is 23.2 Å². The van der Waals surface area contributed by atoms with Gasteiger partial charge < -0.3 is 10.0 Å². The molecule has 3 nitrogen and oxygen atoms in total. The van der Waals surface area contributed by atoms with Gasteiger partial charge in [0.2, 0.25) is 0 Å². The second kappa shape index (κ2) is 6.85. The number of hydrogen-bond donors (Lipinski definition) is 1. The molecule has 3 rings (SSSR count). The minimum atomic E-state index is -1.20. The third-order valence-corrected chi connectivity index (χ3v) is 5.24. The lowest BCUT2D eigenvalue weighted by molar-refractivity contribution is -0.0594. The van der Waals surface area contributed by atoms with Gasteiger partial charge in [0.25, 0.3) is 0 Å². The van der Waals surface area contributed by atoms with Crippen LogP contribution in [0.15, 0.2) is 48.5 Å². The monoisotopic (exact) mass is 363 g/mol. The molecule has 1 heterocycles. The van der Waals surface area contributed by atoms with Crippen molar-refractivity contribution < 1.29 is 9.90 Å². The molecule has 0 radical (unpaired) electrons. The zero-order valence-electron chi connectivity index (χ0n) is 13.4. The number of benzene rings is 2. The number of nitrogens with zero attached hydrogens (tertiary/aromatic N) is 1. The average molecular weight is 364 g/mol. The molecule has 0 amide bonds. The van der Waals surface area contributed by atoms with Crippen molar-refractivity contribution in [1.82, 2.24) is 4.90 Å². The number of carbonyl (C=O) groups is 1. The van der Waals surface area contributed by atoms with Gasteiger partial charge in [0.15, 0.2) is 5.78 Å². The summed E-state index contributed by atoms with van der Waals surface area (Å²) in [4.78, 5) is 15.1. The van der Waals surface area contributed by atoms with Gasteiger partial charge in [-0.05, 0) is 55.4 Å². The van der Waals surface area contributed by atoms with Crippen LogP contribution in [0.5, 0.6) is 0 Å². The first kappa shape index (κ1) is 17.4. The summed E-state index contributed by atoms with van der Waals surface area (Å²) < 4.78 is 0. The quantitative estimate of drug-likeness (QED) is 0.837. The number of halogens is 2. The highest BCUT2D eigenvalue weighted by Crippen LogP contribution is 2.39. The van der Waals surface area contributed by atoms with E-state index in [0.29, 0.717) is 28.6 Å². The molecule has 1 fully saturated rings. The Hall–Kier alpha value is -1.39. The van der Waals surface area contributed by atoms with Crippen molar-refractivity contribution in [3.05, 3.63) is 69.7 Å². The fourth-order valence-corrected chi connectivity index (χ4v) is 3.54. The lowest BCUT2D eigenvalue weighted by Crippen LogP contribution is -2.52. The number of piperidine rings is 1. The van der Waals surface area contributed by atoms with Gasteiger partial charge in [0.05, 0.1) is 5.92 Å². The molecule has 1 saturated heterocycles. The van der Waals surface area contributed by atoms with E-state index >= 15 is 0 Å². The molecule has 2 atom stereocenters. The van der Waals surface area contributed by atoms with Crippen LogP contribution in [0.1, 0.15) is 22.3 Å². The van der Waals surface area contributed by atoms with Gasteiger partial charge in [-0.25, -0.2) is 0 Å². The molecule has 0 spiro atoms. The minimum absolute atomic E-state index is 0.0735. The van der Waals surface area contributed by atoms with Crippen LogP contribution in [0, 0.1) is 5.92 Å². The van der Waals surface area contributed by atoms with E-state index < -0.39 is 11.5 Å².